The largest absolute Gasteiger partial charge is 0.338 e. The third-order valence-corrected chi connectivity index (χ3v) is 1.95. The minimum atomic E-state index is -1.52. The van der Waals surface area contributed by atoms with Crippen LogP contribution >= 0.6 is 0 Å². The highest BCUT2D eigenvalue weighted by Gasteiger charge is 1.87. The molecule has 0 aliphatic rings. The zero-order valence-corrected chi connectivity index (χ0v) is 7.43. The Bertz CT molecular complexity index is 231. The molecule has 0 aromatic heterocycles. The first kappa shape index (κ1) is 8.20. The zero-order chi connectivity index (χ0) is 8.10. The number of benzene rings is 1. The fourth-order valence-corrected chi connectivity index (χ4v) is 1.23. The van der Waals surface area contributed by atoms with E-state index in [0.29, 0.717) is 0 Å². The van der Waals surface area contributed by atoms with Gasteiger partial charge in [-0.3, -0.25) is 0 Å². The van der Waals surface area contributed by atoms with Crippen LogP contribution in [-0.2, 0) is 0 Å². The number of hydrogen-bond donors (Lipinski definition) is 2. The first-order chi connectivity index (χ1) is 5.29. The summed E-state index contributed by atoms with van der Waals surface area (Å²) in [5.41, 5.74) is 3.05. The van der Waals surface area contributed by atoms with Crippen molar-refractivity contribution < 1.29 is 0 Å². The quantitative estimate of drug-likeness (QED) is 0.621. The van der Waals surface area contributed by atoms with E-state index in [0.717, 1.165) is 5.56 Å². The van der Waals surface area contributed by atoms with Gasteiger partial charge in [0.1, 0.15) is 0 Å². The highest BCUT2D eigenvalue weighted by molar-refractivity contribution is 6.58. The van der Waals surface area contributed by atoms with E-state index in [1.165, 1.54) is 0 Å². The molecule has 1 aromatic carbocycles. The second-order valence-electron chi connectivity index (χ2n) is 2.35. The van der Waals surface area contributed by atoms with E-state index in [9.17, 15) is 0 Å². The van der Waals surface area contributed by atoms with Gasteiger partial charge >= 0.3 is 0 Å². The molecule has 1 rings (SSSR count). The molecule has 0 bridgehead atoms. The van der Waals surface area contributed by atoms with Crippen molar-refractivity contribution in [1.29, 1.82) is 0 Å². The summed E-state index contributed by atoms with van der Waals surface area (Å²) in [7, 11) is -1.52. The Morgan fingerprint density at radius 2 is 1.73 bits per heavy atom. The van der Waals surface area contributed by atoms with Gasteiger partial charge in [0.25, 0.3) is 0 Å². The maximum atomic E-state index is 5.47. The average molecular weight is 164 g/mol. The summed E-state index contributed by atoms with van der Waals surface area (Å²) in [6, 6.07) is 10.0. The fraction of sp³-hybridized carbons (Fsp3) is 0. The highest BCUT2D eigenvalue weighted by Crippen LogP contribution is 1.99. The van der Waals surface area contributed by atoms with E-state index in [1.54, 1.807) is 0 Å². The Kier molecular flexibility index (Phi) is 3.04. The lowest BCUT2D eigenvalue weighted by Crippen LogP contribution is -2.34. The smallest absolute Gasteiger partial charge is 0.204 e. The molecule has 0 saturated heterocycles. The van der Waals surface area contributed by atoms with Crippen LogP contribution in [0.15, 0.2) is 36.0 Å². The van der Waals surface area contributed by atoms with Crippen LogP contribution in [0.2, 0.25) is 0 Å². The van der Waals surface area contributed by atoms with Crippen molar-refractivity contribution in [2.45, 2.75) is 0 Å². The maximum Gasteiger partial charge on any atom is 0.204 e. The van der Waals surface area contributed by atoms with Gasteiger partial charge in [0.15, 0.2) is 0 Å². The van der Waals surface area contributed by atoms with E-state index >= 15 is 0 Å². The maximum absolute atomic E-state index is 5.47. The molecular weight excluding hydrogens is 152 g/mol. The van der Waals surface area contributed by atoms with E-state index < -0.39 is 9.12 Å². The minimum Gasteiger partial charge on any atom is -0.338 e. The van der Waals surface area contributed by atoms with Gasteiger partial charge in [0.2, 0.25) is 9.12 Å². The van der Waals surface area contributed by atoms with Crippen molar-refractivity contribution in [3.8, 4) is 0 Å². The fourth-order valence-electron chi connectivity index (χ4n) is 0.786. The van der Waals surface area contributed by atoms with Gasteiger partial charge in [-0.25, -0.2) is 0 Å². The molecule has 1 aromatic rings. The first-order valence-corrected chi connectivity index (χ1v) is 5.53. The van der Waals surface area contributed by atoms with Gasteiger partial charge in [-0.1, -0.05) is 42.1 Å². The molecule has 0 unspecified atom stereocenters. The average Bonchev–Trinajstić information content (AvgIpc) is 2.03. The van der Waals surface area contributed by atoms with Gasteiger partial charge in [0, 0.05) is 0 Å². The molecule has 0 spiro atoms. The summed E-state index contributed by atoms with van der Waals surface area (Å²) < 4.78 is 0. The Balaban J connectivity index is 2.65. The zero-order valence-electron chi connectivity index (χ0n) is 6.27. The minimum absolute atomic E-state index is 1.15. The SMILES string of the molecule is N[SiH](N)/C=C/c1ccccc1. The van der Waals surface area contributed by atoms with Crippen LogP contribution in [0, 0.1) is 0 Å². The van der Waals surface area contributed by atoms with Gasteiger partial charge in [0.05, 0.1) is 0 Å². The van der Waals surface area contributed by atoms with Crippen molar-refractivity contribution in [3.63, 3.8) is 0 Å². The Morgan fingerprint density at radius 3 is 2.27 bits per heavy atom. The van der Waals surface area contributed by atoms with Crippen LogP contribution < -0.4 is 10.8 Å². The summed E-state index contributed by atoms with van der Waals surface area (Å²) >= 11 is 0. The highest BCUT2D eigenvalue weighted by atomic mass is 28.3. The lowest BCUT2D eigenvalue weighted by Gasteiger charge is -1.92. The molecule has 0 fully saturated rings. The molecule has 4 N–H and O–H groups in total. The molecule has 0 aliphatic carbocycles. The summed E-state index contributed by atoms with van der Waals surface area (Å²) in [6.45, 7) is 0. The van der Waals surface area contributed by atoms with E-state index in [-0.39, 0.29) is 0 Å². The van der Waals surface area contributed by atoms with E-state index in [1.807, 2.05) is 42.1 Å². The van der Waals surface area contributed by atoms with E-state index in [2.05, 4.69) is 0 Å². The Hall–Kier alpha value is -0.903. The predicted octanol–water partition coefficient (Wildman–Crippen LogP) is 0.377. The van der Waals surface area contributed by atoms with Gasteiger partial charge < -0.3 is 10.8 Å². The summed E-state index contributed by atoms with van der Waals surface area (Å²) in [5, 5.41) is 10.9. The van der Waals surface area contributed by atoms with Crippen LogP contribution in [0.25, 0.3) is 6.08 Å². The van der Waals surface area contributed by atoms with Crippen LogP contribution in [0.1, 0.15) is 5.56 Å². The first-order valence-electron chi connectivity index (χ1n) is 3.53. The molecule has 58 valence electrons. The molecule has 0 saturated carbocycles. The van der Waals surface area contributed by atoms with Crippen molar-refractivity contribution >= 4 is 15.2 Å². The predicted molar refractivity (Wildman–Crippen MR) is 51.0 cm³/mol. The van der Waals surface area contributed by atoms with Crippen LogP contribution in [0.4, 0.5) is 0 Å². The molecule has 0 heterocycles. The third kappa shape index (κ3) is 3.13. The molecule has 11 heavy (non-hydrogen) atoms. The van der Waals surface area contributed by atoms with Gasteiger partial charge in [-0.05, 0) is 5.56 Å². The van der Waals surface area contributed by atoms with Crippen LogP contribution in [-0.4, -0.2) is 9.12 Å². The molecular formula is C8H12N2Si. The number of nitrogens with two attached hydrogens (primary N) is 2. The summed E-state index contributed by atoms with van der Waals surface area (Å²) in [6.07, 6.45) is 1.97. The molecule has 0 aliphatic heterocycles. The molecule has 0 amide bonds. The third-order valence-electron chi connectivity index (χ3n) is 1.31. The van der Waals surface area contributed by atoms with Crippen LogP contribution in [0.3, 0.4) is 0 Å². The van der Waals surface area contributed by atoms with Crippen molar-refractivity contribution in [1.82, 2.24) is 0 Å². The lowest BCUT2D eigenvalue weighted by molar-refractivity contribution is 1.65. The monoisotopic (exact) mass is 164 g/mol. The molecule has 0 atom stereocenters. The second-order valence-corrected chi connectivity index (χ2v) is 3.89. The molecule has 3 heteroatoms. The number of rotatable bonds is 2. The molecule has 2 nitrogen and oxygen atoms in total. The van der Waals surface area contributed by atoms with E-state index in [4.69, 9.17) is 10.8 Å². The Labute approximate surface area is 68.3 Å². The van der Waals surface area contributed by atoms with Gasteiger partial charge in [-0.15, -0.1) is 0 Å². The Morgan fingerprint density at radius 1 is 1.09 bits per heavy atom. The molecule has 0 radical (unpaired) electrons. The second kappa shape index (κ2) is 4.08. The number of hydrogen-bond acceptors (Lipinski definition) is 2. The standard InChI is InChI=1S/C8H12N2Si/c9-11(10)7-6-8-4-2-1-3-5-8/h1-7,11H,9-10H2/b7-6+. The van der Waals surface area contributed by atoms with Gasteiger partial charge in [-0.2, -0.15) is 0 Å². The summed E-state index contributed by atoms with van der Waals surface area (Å²) in [5.74, 6) is 0. The van der Waals surface area contributed by atoms with Crippen molar-refractivity contribution in [2.24, 2.45) is 10.8 Å². The van der Waals surface area contributed by atoms with Crippen LogP contribution in [0.5, 0.6) is 0 Å². The van der Waals surface area contributed by atoms with Crippen molar-refractivity contribution in [2.75, 3.05) is 0 Å². The van der Waals surface area contributed by atoms with Crippen molar-refractivity contribution in [3.05, 3.63) is 41.6 Å². The topological polar surface area (TPSA) is 52.0 Å². The lowest BCUT2D eigenvalue weighted by atomic mass is 10.2. The summed E-state index contributed by atoms with van der Waals surface area (Å²) in [4.78, 5) is 0. The normalized spacial score (nSPS) is 11.2.